The summed E-state index contributed by atoms with van der Waals surface area (Å²) in [4.78, 5) is 11.7. The molecule has 106 valence electrons. The van der Waals surface area contributed by atoms with Gasteiger partial charge in [-0.3, -0.25) is 4.79 Å². The second-order valence-electron chi connectivity index (χ2n) is 4.88. The van der Waals surface area contributed by atoms with Gasteiger partial charge >= 0.3 is 0 Å². The third kappa shape index (κ3) is 6.59. The number of hydrogen-bond acceptors (Lipinski definition) is 3. The highest BCUT2D eigenvalue weighted by molar-refractivity contribution is 9.10. The fourth-order valence-electron chi connectivity index (χ4n) is 1.76. The molecule has 0 aromatic heterocycles. The molecule has 1 aromatic rings. The zero-order valence-corrected chi connectivity index (χ0v) is 12.9. The molecule has 1 aromatic carbocycles. The number of carbonyl (C=O) groups is 1. The van der Waals surface area contributed by atoms with Crippen molar-refractivity contribution in [3.63, 3.8) is 0 Å². The molecule has 19 heavy (non-hydrogen) atoms. The van der Waals surface area contributed by atoms with Crippen LogP contribution < -0.4 is 15.8 Å². The van der Waals surface area contributed by atoms with Crippen molar-refractivity contribution in [1.29, 1.82) is 0 Å². The van der Waals surface area contributed by atoms with Crippen molar-refractivity contribution in [2.24, 2.45) is 11.7 Å². The average molecular weight is 329 g/mol. The maximum absolute atomic E-state index is 11.7. The Morgan fingerprint density at radius 1 is 1.47 bits per heavy atom. The molecule has 1 amide bonds. The molecule has 4 nitrogen and oxygen atoms in total. The van der Waals surface area contributed by atoms with Crippen LogP contribution in [0.5, 0.6) is 5.75 Å². The Hall–Kier alpha value is -1.07. The number of nitrogens with two attached hydrogens (primary N) is 1. The van der Waals surface area contributed by atoms with E-state index >= 15 is 0 Å². The van der Waals surface area contributed by atoms with Crippen LogP contribution in [0.3, 0.4) is 0 Å². The maximum atomic E-state index is 11.7. The standard InChI is InChI=1S/C14H21BrN2O2/c1-10(2)6-12(8-16)17-14(18)9-19-13-5-3-4-11(15)7-13/h3-5,7,10,12H,6,8-9,16H2,1-2H3,(H,17,18). The van der Waals surface area contributed by atoms with Crippen LogP contribution >= 0.6 is 15.9 Å². The number of hydrogen-bond donors (Lipinski definition) is 2. The lowest BCUT2D eigenvalue weighted by atomic mass is 10.0. The predicted molar refractivity (Wildman–Crippen MR) is 80.1 cm³/mol. The van der Waals surface area contributed by atoms with E-state index in [-0.39, 0.29) is 18.6 Å². The Morgan fingerprint density at radius 2 is 2.21 bits per heavy atom. The van der Waals surface area contributed by atoms with Crippen molar-refractivity contribution in [1.82, 2.24) is 5.32 Å². The lowest BCUT2D eigenvalue weighted by molar-refractivity contribution is -0.123. The van der Waals surface area contributed by atoms with Crippen LogP contribution in [0.15, 0.2) is 28.7 Å². The minimum Gasteiger partial charge on any atom is -0.484 e. The fraction of sp³-hybridized carbons (Fsp3) is 0.500. The second-order valence-corrected chi connectivity index (χ2v) is 5.79. The van der Waals surface area contributed by atoms with E-state index in [1.54, 1.807) is 0 Å². The van der Waals surface area contributed by atoms with Crippen LogP contribution in [0.4, 0.5) is 0 Å². The summed E-state index contributed by atoms with van der Waals surface area (Å²) >= 11 is 3.35. The number of amides is 1. The van der Waals surface area contributed by atoms with E-state index in [1.807, 2.05) is 24.3 Å². The summed E-state index contributed by atoms with van der Waals surface area (Å²) in [5.41, 5.74) is 5.63. The van der Waals surface area contributed by atoms with E-state index in [9.17, 15) is 4.79 Å². The van der Waals surface area contributed by atoms with E-state index in [4.69, 9.17) is 10.5 Å². The third-order valence-electron chi connectivity index (χ3n) is 2.57. The summed E-state index contributed by atoms with van der Waals surface area (Å²) in [6.45, 7) is 4.66. The predicted octanol–water partition coefficient (Wildman–Crippen LogP) is 2.32. The van der Waals surface area contributed by atoms with Gasteiger partial charge in [-0.1, -0.05) is 35.8 Å². The SMILES string of the molecule is CC(C)CC(CN)NC(=O)COc1cccc(Br)c1. The minimum atomic E-state index is -0.143. The maximum Gasteiger partial charge on any atom is 0.258 e. The molecule has 0 fully saturated rings. The molecule has 0 saturated carbocycles. The Bertz CT molecular complexity index is 410. The average Bonchev–Trinajstić information content (AvgIpc) is 2.35. The third-order valence-corrected chi connectivity index (χ3v) is 3.06. The molecule has 0 spiro atoms. The van der Waals surface area contributed by atoms with Gasteiger partial charge in [0, 0.05) is 17.1 Å². The van der Waals surface area contributed by atoms with Gasteiger partial charge in [0.15, 0.2) is 6.61 Å². The van der Waals surface area contributed by atoms with E-state index < -0.39 is 0 Å². The van der Waals surface area contributed by atoms with Gasteiger partial charge in [0.25, 0.3) is 5.91 Å². The summed E-state index contributed by atoms with van der Waals surface area (Å²) in [6, 6.07) is 7.41. The summed E-state index contributed by atoms with van der Waals surface area (Å²) in [5.74, 6) is 1.02. The Morgan fingerprint density at radius 3 is 2.79 bits per heavy atom. The van der Waals surface area contributed by atoms with Crippen LogP contribution in [-0.2, 0) is 4.79 Å². The van der Waals surface area contributed by atoms with E-state index in [2.05, 4.69) is 35.1 Å². The molecule has 1 rings (SSSR count). The first-order chi connectivity index (χ1) is 9.01. The van der Waals surface area contributed by atoms with Crippen LogP contribution in [0.2, 0.25) is 0 Å². The number of carbonyl (C=O) groups excluding carboxylic acids is 1. The summed E-state index contributed by atoms with van der Waals surface area (Å²) in [6.07, 6.45) is 0.874. The number of nitrogens with one attached hydrogen (secondary N) is 1. The molecule has 0 aliphatic rings. The fourth-order valence-corrected chi connectivity index (χ4v) is 2.14. The molecule has 1 atom stereocenters. The van der Waals surface area contributed by atoms with Crippen molar-refractivity contribution < 1.29 is 9.53 Å². The highest BCUT2D eigenvalue weighted by Crippen LogP contribution is 2.17. The van der Waals surface area contributed by atoms with Crippen molar-refractivity contribution in [3.8, 4) is 5.75 Å². The number of halogens is 1. The largest absolute Gasteiger partial charge is 0.484 e. The number of ether oxygens (including phenoxy) is 1. The van der Waals surface area contributed by atoms with Crippen molar-refractivity contribution >= 4 is 21.8 Å². The second kappa shape index (κ2) is 8.17. The first kappa shape index (κ1) is 16.0. The Balaban J connectivity index is 2.38. The van der Waals surface area contributed by atoms with Gasteiger partial charge in [-0.2, -0.15) is 0 Å². The first-order valence-electron chi connectivity index (χ1n) is 6.39. The molecule has 1 unspecified atom stereocenters. The monoisotopic (exact) mass is 328 g/mol. The van der Waals surface area contributed by atoms with Gasteiger partial charge in [-0.25, -0.2) is 0 Å². The molecule has 3 N–H and O–H groups in total. The molecule has 0 heterocycles. The van der Waals surface area contributed by atoms with Crippen LogP contribution in [0, 0.1) is 5.92 Å². The number of rotatable bonds is 7. The normalized spacial score (nSPS) is 12.3. The van der Waals surface area contributed by atoms with E-state index in [1.165, 1.54) is 0 Å². The van der Waals surface area contributed by atoms with Crippen LogP contribution in [0.25, 0.3) is 0 Å². The molecule has 0 radical (unpaired) electrons. The van der Waals surface area contributed by atoms with Gasteiger partial charge in [0.05, 0.1) is 0 Å². The molecule has 0 aliphatic carbocycles. The summed E-state index contributed by atoms with van der Waals surface area (Å²) < 4.78 is 6.34. The lowest BCUT2D eigenvalue weighted by Crippen LogP contribution is -2.43. The van der Waals surface area contributed by atoms with Gasteiger partial charge in [0.2, 0.25) is 0 Å². The zero-order chi connectivity index (χ0) is 14.3. The highest BCUT2D eigenvalue weighted by Gasteiger charge is 2.12. The molecule has 0 saturated heterocycles. The van der Waals surface area contributed by atoms with Gasteiger partial charge in [-0.05, 0) is 30.5 Å². The summed E-state index contributed by atoms with van der Waals surface area (Å²) in [7, 11) is 0. The molecule has 5 heteroatoms. The highest BCUT2D eigenvalue weighted by atomic mass is 79.9. The topological polar surface area (TPSA) is 64.3 Å². The Kier molecular flexibility index (Phi) is 6.87. The van der Waals surface area contributed by atoms with Gasteiger partial charge in [0.1, 0.15) is 5.75 Å². The van der Waals surface area contributed by atoms with Crippen molar-refractivity contribution in [2.75, 3.05) is 13.2 Å². The molecular weight excluding hydrogens is 308 g/mol. The first-order valence-corrected chi connectivity index (χ1v) is 7.18. The smallest absolute Gasteiger partial charge is 0.258 e. The minimum absolute atomic E-state index is 0.00501. The molecular formula is C14H21BrN2O2. The Labute approximate surface area is 122 Å². The number of benzene rings is 1. The molecule has 0 aliphatic heterocycles. The van der Waals surface area contributed by atoms with Gasteiger partial charge < -0.3 is 15.8 Å². The zero-order valence-electron chi connectivity index (χ0n) is 11.4. The van der Waals surface area contributed by atoms with Gasteiger partial charge in [-0.15, -0.1) is 0 Å². The van der Waals surface area contributed by atoms with Crippen molar-refractivity contribution in [2.45, 2.75) is 26.3 Å². The van der Waals surface area contributed by atoms with Crippen LogP contribution in [-0.4, -0.2) is 25.1 Å². The summed E-state index contributed by atoms with van der Waals surface area (Å²) in [5, 5.41) is 2.88. The van der Waals surface area contributed by atoms with E-state index in [0.717, 1.165) is 10.9 Å². The lowest BCUT2D eigenvalue weighted by Gasteiger charge is -2.18. The quantitative estimate of drug-likeness (QED) is 0.807. The molecule has 0 bridgehead atoms. The van der Waals surface area contributed by atoms with Crippen molar-refractivity contribution in [3.05, 3.63) is 28.7 Å². The van der Waals surface area contributed by atoms with Crippen LogP contribution in [0.1, 0.15) is 20.3 Å². The van der Waals surface area contributed by atoms with E-state index in [0.29, 0.717) is 18.2 Å².